The van der Waals surface area contributed by atoms with Crippen molar-refractivity contribution in [2.45, 2.75) is 76.5 Å². The topological polar surface area (TPSA) is 23.5 Å². The van der Waals surface area contributed by atoms with Crippen LogP contribution in [0.3, 0.4) is 0 Å². The lowest BCUT2D eigenvalue weighted by atomic mass is 9.76. The summed E-state index contributed by atoms with van der Waals surface area (Å²) in [5.41, 5.74) is -0.273. The number of likely N-dealkylation sites (tertiary alicyclic amines) is 1. The summed E-state index contributed by atoms with van der Waals surface area (Å²) < 4.78 is 0. The van der Waals surface area contributed by atoms with Gasteiger partial charge in [0.15, 0.2) is 0 Å². The van der Waals surface area contributed by atoms with E-state index in [0.717, 1.165) is 25.3 Å². The first-order chi connectivity index (χ1) is 7.11. The zero-order chi connectivity index (χ0) is 10.9. The van der Waals surface area contributed by atoms with Gasteiger partial charge in [-0.3, -0.25) is 4.90 Å². The summed E-state index contributed by atoms with van der Waals surface area (Å²) in [7, 11) is 0. The van der Waals surface area contributed by atoms with Crippen molar-refractivity contribution in [2.75, 3.05) is 6.54 Å². The minimum Gasteiger partial charge on any atom is -0.390 e. The molecule has 0 radical (unpaired) electrons. The van der Waals surface area contributed by atoms with Crippen LogP contribution in [0, 0.1) is 0 Å². The molecule has 1 atom stereocenters. The molecule has 0 aromatic rings. The fourth-order valence-electron chi connectivity index (χ4n) is 3.12. The van der Waals surface area contributed by atoms with Crippen molar-refractivity contribution in [3.05, 3.63) is 0 Å². The zero-order valence-corrected chi connectivity index (χ0v) is 10.2. The monoisotopic (exact) mass is 211 g/mol. The van der Waals surface area contributed by atoms with Crippen LogP contribution in [-0.2, 0) is 0 Å². The number of rotatable bonds is 4. The van der Waals surface area contributed by atoms with Crippen LogP contribution in [0.15, 0.2) is 0 Å². The Kier molecular flexibility index (Phi) is 3.36. The SMILES string of the molecule is CC(C)N1CCCC1CCC1(O)CCC1. The molecule has 1 aliphatic carbocycles. The predicted molar refractivity (Wildman–Crippen MR) is 62.9 cm³/mol. The van der Waals surface area contributed by atoms with Crippen molar-refractivity contribution in [3.8, 4) is 0 Å². The molecule has 0 amide bonds. The summed E-state index contributed by atoms with van der Waals surface area (Å²) in [6.45, 7) is 5.84. The number of hydrogen-bond donors (Lipinski definition) is 1. The molecule has 2 nitrogen and oxygen atoms in total. The van der Waals surface area contributed by atoms with Gasteiger partial charge in [-0.15, -0.1) is 0 Å². The van der Waals surface area contributed by atoms with Crippen molar-refractivity contribution in [3.63, 3.8) is 0 Å². The smallest absolute Gasteiger partial charge is 0.0648 e. The minimum absolute atomic E-state index is 0.273. The molecule has 2 rings (SSSR count). The third kappa shape index (κ3) is 2.54. The Labute approximate surface area is 93.7 Å². The fourth-order valence-corrected chi connectivity index (χ4v) is 3.12. The summed E-state index contributed by atoms with van der Waals surface area (Å²) in [4.78, 5) is 2.61. The van der Waals surface area contributed by atoms with Gasteiger partial charge in [-0.2, -0.15) is 0 Å². The molecule has 0 aromatic carbocycles. The molecule has 2 heteroatoms. The first kappa shape index (κ1) is 11.4. The Balaban J connectivity index is 1.78. The summed E-state index contributed by atoms with van der Waals surface area (Å²) in [5, 5.41) is 10.1. The molecule has 1 aliphatic heterocycles. The Morgan fingerprint density at radius 2 is 2.07 bits per heavy atom. The van der Waals surface area contributed by atoms with Crippen LogP contribution < -0.4 is 0 Å². The van der Waals surface area contributed by atoms with E-state index in [1.807, 2.05) is 0 Å². The van der Waals surface area contributed by atoms with Gasteiger partial charge in [-0.05, 0) is 65.3 Å². The average molecular weight is 211 g/mol. The van der Waals surface area contributed by atoms with Gasteiger partial charge in [-0.1, -0.05) is 0 Å². The molecular formula is C13H25NO. The molecule has 1 unspecified atom stereocenters. The fraction of sp³-hybridized carbons (Fsp3) is 1.00. The van der Waals surface area contributed by atoms with Crippen LogP contribution in [0.1, 0.15) is 58.8 Å². The van der Waals surface area contributed by atoms with Crippen LogP contribution in [0.25, 0.3) is 0 Å². The van der Waals surface area contributed by atoms with Crippen LogP contribution in [0.5, 0.6) is 0 Å². The van der Waals surface area contributed by atoms with Gasteiger partial charge in [-0.25, -0.2) is 0 Å². The van der Waals surface area contributed by atoms with E-state index in [0.29, 0.717) is 6.04 Å². The lowest BCUT2D eigenvalue weighted by molar-refractivity contribution is -0.0461. The number of hydrogen-bond acceptors (Lipinski definition) is 2. The number of aliphatic hydroxyl groups is 1. The maximum Gasteiger partial charge on any atom is 0.0648 e. The van der Waals surface area contributed by atoms with E-state index in [1.165, 1.54) is 32.2 Å². The molecule has 15 heavy (non-hydrogen) atoms. The van der Waals surface area contributed by atoms with E-state index in [-0.39, 0.29) is 5.60 Å². The van der Waals surface area contributed by atoms with E-state index in [1.54, 1.807) is 0 Å². The second-order valence-electron chi connectivity index (χ2n) is 5.74. The molecule has 1 heterocycles. The van der Waals surface area contributed by atoms with Crippen LogP contribution in [-0.4, -0.2) is 34.2 Å². The summed E-state index contributed by atoms with van der Waals surface area (Å²) in [6.07, 6.45) is 8.24. The molecule has 1 saturated carbocycles. The Bertz CT molecular complexity index is 211. The van der Waals surface area contributed by atoms with Crippen molar-refractivity contribution < 1.29 is 5.11 Å². The summed E-state index contributed by atoms with van der Waals surface area (Å²) in [5.74, 6) is 0. The average Bonchev–Trinajstić information content (AvgIpc) is 2.59. The largest absolute Gasteiger partial charge is 0.390 e. The molecular weight excluding hydrogens is 186 g/mol. The van der Waals surface area contributed by atoms with E-state index in [9.17, 15) is 5.11 Å². The highest BCUT2D eigenvalue weighted by Crippen LogP contribution is 2.37. The Morgan fingerprint density at radius 3 is 2.60 bits per heavy atom. The van der Waals surface area contributed by atoms with Gasteiger partial charge < -0.3 is 5.11 Å². The van der Waals surface area contributed by atoms with Gasteiger partial charge in [0.1, 0.15) is 0 Å². The van der Waals surface area contributed by atoms with Gasteiger partial charge >= 0.3 is 0 Å². The molecule has 0 aromatic heterocycles. The quantitative estimate of drug-likeness (QED) is 0.772. The summed E-state index contributed by atoms with van der Waals surface area (Å²) >= 11 is 0. The highest BCUT2D eigenvalue weighted by Gasteiger charge is 2.36. The molecule has 0 bridgehead atoms. The van der Waals surface area contributed by atoms with Gasteiger partial charge in [0.2, 0.25) is 0 Å². The van der Waals surface area contributed by atoms with Crippen LogP contribution in [0.2, 0.25) is 0 Å². The van der Waals surface area contributed by atoms with Gasteiger partial charge in [0.25, 0.3) is 0 Å². The van der Waals surface area contributed by atoms with E-state index in [4.69, 9.17) is 0 Å². The van der Waals surface area contributed by atoms with E-state index in [2.05, 4.69) is 18.7 Å². The van der Waals surface area contributed by atoms with Crippen molar-refractivity contribution in [2.24, 2.45) is 0 Å². The highest BCUT2D eigenvalue weighted by molar-refractivity contribution is 4.90. The molecule has 1 N–H and O–H groups in total. The lowest BCUT2D eigenvalue weighted by Crippen LogP contribution is -2.40. The second-order valence-corrected chi connectivity index (χ2v) is 5.74. The first-order valence-electron chi connectivity index (χ1n) is 6.59. The molecule has 0 spiro atoms. The van der Waals surface area contributed by atoms with Gasteiger partial charge in [0.05, 0.1) is 5.60 Å². The van der Waals surface area contributed by atoms with E-state index >= 15 is 0 Å². The maximum atomic E-state index is 10.1. The second kappa shape index (κ2) is 4.42. The van der Waals surface area contributed by atoms with Crippen LogP contribution in [0.4, 0.5) is 0 Å². The van der Waals surface area contributed by atoms with Gasteiger partial charge in [0, 0.05) is 12.1 Å². The zero-order valence-electron chi connectivity index (χ0n) is 10.2. The predicted octanol–water partition coefficient (Wildman–Crippen LogP) is 2.55. The maximum absolute atomic E-state index is 10.1. The number of nitrogens with zero attached hydrogens (tertiary/aromatic N) is 1. The van der Waals surface area contributed by atoms with Crippen LogP contribution >= 0.6 is 0 Å². The third-order valence-corrected chi connectivity index (χ3v) is 4.31. The molecule has 1 saturated heterocycles. The molecule has 88 valence electrons. The third-order valence-electron chi connectivity index (χ3n) is 4.31. The van der Waals surface area contributed by atoms with Crippen molar-refractivity contribution in [1.82, 2.24) is 4.90 Å². The Morgan fingerprint density at radius 1 is 1.33 bits per heavy atom. The Hall–Kier alpha value is -0.0800. The normalized spacial score (nSPS) is 30.8. The van der Waals surface area contributed by atoms with Crippen molar-refractivity contribution >= 4 is 0 Å². The molecule has 2 fully saturated rings. The van der Waals surface area contributed by atoms with Crippen molar-refractivity contribution in [1.29, 1.82) is 0 Å². The lowest BCUT2D eigenvalue weighted by Gasteiger charge is -2.38. The first-order valence-corrected chi connectivity index (χ1v) is 6.59. The summed E-state index contributed by atoms with van der Waals surface area (Å²) in [6, 6.07) is 1.42. The van der Waals surface area contributed by atoms with E-state index < -0.39 is 0 Å². The highest BCUT2D eigenvalue weighted by atomic mass is 16.3. The minimum atomic E-state index is -0.273. The standard InChI is InChI=1S/C13H25NO/c1-11(2)14-10-3-5-12(14)6-9-13(15)7-4-8-13/h11-12,15H,3-10H2,1-2H3. The molecule has 2 aliphatic rings.